The summed E-state index contributed by atoms with van der Waals surface area (Å²) >= 11 is 5.97. The third-order valence-electron chi connectivity index (χ3n) is 5.45. The Morgan fingerprint density at radius 2 is 1.68 bits per heavy atom. The predicted octanol–water partition coefficient (Wildman–Crippen LogP) is 3.97. The van der Waals surface area contributed by atoms with Crippen LogP contribution in [0.3, 0.4) is 0 Å². The first-order valence-corrected chi connectivity index (χ1v) is 13.3. The van der Waals surface area contributed by atoms with E-state index in [0.29, 0.717) is 23.4 Å². The van der Waals surface area contributed by atoms with Crippen LogP contribution in [-0.2, 0) is 26.2 Å². The lowest BCUT2D eigenvalue weighted by molar-refractivity contribution is -0.140. The van der Waals surface area contributed by atoms with Gasteiger partial charge in [-0.15, -0.1) is 0 Å². The van der Waals surface area contributed by atoms with Crippen molar-refractivity contribution >= 4 is 39.1 Å². The summed E-state index contributed by atoms with van der Waals surface area (Å²) in [5.41, 5.74) is 0.478. The molecule has 2 rings (SSSR count). The summed E-state index contributed by atoms with van der Waals surface area (Å²) in [6.45, 7) is 4.96. The van der Waals surface area contributed by atoms with Crippen LogP contribution in [0.15, 0.2) is 48.5 Å². The zero-order chi connectivity index (χ0) is 25.5. The van der Waals surface area contributed by atoms with Crippen LogP contribution in [0.4, 0.5) is 10.1 Å². The van der Waals surface area contributed by atoms with Crippen molar-refractivity contribution in [1.29, 1.82) is 0 Å². The number of rotatable bonds is 11. The standard InChI is InChI=1S/C24H31ClFN3O4S/c1-5-17(3)27-24(31)21(6-2)28(15-18-11-13-19(25)14-12-18)23(30)16-29(34(4,32)33)22-10-8-7-9-20(22)26/h7-14,17,21H,5-6,15-16H2,1-4H3,(H,27,31)/t17-,21-/m0/s1. The van der Waals surface area contributed by atoms with Crippen LogP contribution in [0.2, 0.25) is 5.02 Å². The molecule has 34 heavy (non-hydrogen) atoms. The number of amides is 2. The number of para-hydroxylation sites is 1. The van der Waals surface area contributed by atoms with Crippen LogP contribution >= 0.6 is 11.6 Å². The molecule has 0 heterocycles. The summed E-state index contributed by atoms with van der Waals surface area (Å²) in [5, 5.41) is 3.41. The Bertz CT molecular complexity index is 1100. The number of halogens is 2. The van der Waals surface area contributed by atoms with Gasteiger partial charge in [-0.2, -0.15) is 0 Å². The zero-order valence-electron chi connectivity index (χ0n) is 19.8. The summed E-state index contributed by atoms with van der Waals surface area (Å²) in [7, 11) is -4.00. The molecule has 0 radical (unpaired) electrons. The van der Waals surface area contributed by atoms with E-state index in [-0.39, 0.29) is 24.2 Å². The van der Waals surface area contributed by atoms with Crippen LogP contribution in [0.1, 0.15) is 39.2 Å². The molecule has 2 aromatic carbocycles. The maximum Gasteiger partial charge on any atom is 0.244 e. The zero-order valence-corrected chi connectivity index (χ0v) is 21.4. The van der Waals surface area contributed by atoms with E-state index in [9.17, 15) is 22.4 Å². The van der Waals surface area contributed by atoms with E-state index in [2.05, 4.69) is 5.32 Å². The van der Waals surface area contributed by atoms with Gasteiger partial charge < -0.3 is 10.2 Å². The van der Waals surface area contributed by atoms with Gasteiger partial charge in [-0.05, 0) is 49.6 Å². The Kier molecular flexibility index (Phi) is 9.88. The topological polar surface area (TPSA) is 86.8 Å². The van der Waals surface area contributed by atoms with Crippen LogP contribution in [-0.4, -0.2) is 50.0 Å². The second kappa shape index (κ2) is 12.2. The predicted molar refractivity (Wildman–Crippen MR) is 133 cm³/mol. The number of carbonyl (C=O) groups is 2. The molecule has 10 heteroatoms. The average molecular weight is 512 g/mol. The van der Waals surface area contributed by atoms with Gasteiger partial charge in [0.05, 0.1) is 11.9 Å². The number of nitrogens with one attached hydrogen (secondary N) is 1. The fraction of sp³-hybridized carbons (Fsp3) is 0.417. The quantitative estimate of drug-likeness (QED) is 0.494. The minimum absolute atomic E-state index is 0.0529. The van der Waals surface area contributed by atoms with E-state index in [0.717, 1.165) is 16.6 Å². The Morgan fingerprint density at radius 1 is 1.06 bits per heavy atom. The molecule has 2 atom stereocenters. The largest absolute Gasteiger partial charge is 0.352 e. The van der Waals surface area contributed by atoms with E-state index in [4.69, 9.17) is 11.6 Å². The first kappa shape index (κ1) is 27.6. The molecule has 0 aromatic heterocycles. The third kappa shape index (κ3) is 7.43. The Labute approximate surface area is 205 Å². The number of nitrogens with zero attached hydrogens (tertiary/aromatic N) is 2. The van der Waals surface area contributed by atoms with Gasteiger partial charge in [0.15, 0.2) is 0 Å². The second-order valence-electron chi connectivity index (χ2n) is 8.11. The molecule has 2 amide bonds. The van der Waals surface area contributed by atoms with Crippen LogP contribution in [0.25, 0.3) is 0 Å². The van der Waals surface area contributed by atoms with Gasteiger partial charge in [0.25, 0.3) is 0 Å². The maximum absolute atomic E-state index is 14.4. The fourth-order valence-corrected chi connectivity index (χ4v) is 4.37. The van der Waals surface area contributed by atoms with Gasteiger partial charge in [-0.1, -0.05) is 49.7 Å². The summed E-state index contributed by atoms with van der Waals surface area (Å²) in [6, 6.07) is 11.2. The lowest BCUT2D eigenvalue weighted by Gasteiger charge is -2.33. The Morgan fingerprint density at radius 3 is 2.21 bits per heavy atom. The SMILES string of the molecule is CC[C@H](C)NC(=O)[C@H](CC)N(Cc1ccc(Cl)cc1)C(=O)CN(c1ccccc1F)S(C)(=O)=O. The van der Waals surface area contributed by atoms with Crippen molar-refractivity contribution in [1.82, 2.24) is 10.2 Å². The highest BCUT2D eigenvalue weighted by Crippen LogP contribution is 2.23. The van der Waals surface area contributed by atoms with E-state index in [1.165, 1.54) is 23.1 Å². The van der Waals surface area contributed by atoms with Crippen molar-refractivity contribution in [2.45, 2.75) is 52.2 Å². The summed E-state index contributed by atoms with van der Waals surface area (Å²) in [5.74, 6) is -1.74. The number of hydrogen-bond acceptors (Lipinski definition) is 4. The highest BCUT2D eigenvalue weighted by atomic mass is 35.5. The van der Waals surface area contributed by atoms with Crippen molar-refractivity contribution in [3.63, 3.8) is 0 Å². The number of hydrogen-bond donors (Lipinski definition) is 1. The molecule has 0 unspecified atom stereocenters. The van der Waals surface area contributed by atoms with Gasteiger partial charge in [-0.3, -0.25) is 13.9 Å². The number of carbonyl (C=O) groups excluding carboxylic acids is 2. The number of anilines is 1. The summed E-state index contributed by atoms with van der Waals surface area (Å²) in [4.78, 5) is 27.9. The van der Waals surface area contributed by atoms with Gasteiger partial charge in [0.1, 0.15) is 18.4 Å². The summed E-state index contributed by atoms with van der Waals surface area (Å²) in [6.07, 6.45) is 1.92. The normalized spacial score (nSPS) is 13.1. The van der Waals surface area contributed by atoms with Gasteiger partial charge in [0.2, 0.25) is 21.8 Å². The highest BCUT2D eigenvalue weighted by molar-refractivity contribution is 7.92. The fourth-order valence-electron chi connectivity index (χ4n) is 3.40. The van der Waals surface area contributed by atoms with Crippen LogP contribution in [0.5, 0.6) is 0 Å². The maximum atomic E-state index is 14.4. The second-order valence-corrected chi connectivity index (χ2v) is 10.5. The van der Waals surface area contributed by atoms with Crippen molar-refractivity contribution in [3.05, 3.63) is 64.9 Å². The Balaban J connectivity index is 2.44. The van der Waals surface area contributed by atoms with Crippen molar-refractivity contribution in [2.24, 2.45) is 0 Å². The third-order valence-corrected chi connectivity index (χ3v) is 6.83. The molecule has 0 saturated carbocycles. The molecule has 0 saturated heterocycles. The van der Waals surface area contributed by atoms with Gasteiger partial charge >= 0.3 is 0 Å². The lowest BCUT2D eigenvalue weighted by Crippen LogP contribution is -2.53. The Hall–Kier alpha value is -2.65. The molecule has 2 aromatic rings. The molecule has 0 bridgehead atoms. The molecule has 186 valence electrons. The monoisotopic (exact) mass is 511 g/mol. The minimum atomic E-state index is -4.00. The molecule has 0 aliphatic rings. The van der Waals surface area contributed by atoms with E-state index in [1.807, 2.05) is 13.8 Å². The smallest absolute Gasteiger partial charge is 0.244 e. The molecule has 0 spiro atoms. The highest BCUT2D eigenvalue weighted by Gasteiger charge is 2.32. The van der Waals surface area contributed by atoms with Crippen molar-refractivity contribution in [2.75, 3.05) is 17.1 Å². The lowest BCUT2D eigenvalue weighted by atomic mass is 10.1. The molecule has 0 aliphatic carbocycles. The van der Waals surface area contributed by atoms with Crippen molar-refractivity contribution in [3.8, 4) is 0 Å². The number of benzene rings is 2. The van der Waals surface area contributed by atoms with Gasteiger partial charge in [-0.25, -0.2) is 12.8 Å². The van der Waals surface area contributed by atoms with Crippen LogP contribution in [0, 0.1) is 5.82 Å². The first-order chi connectivity index (χ1) is 16.0. The molecular formula is C24H31ClFN3O4S. The molecule has 0 aliphatic heterocycles. The van der Waals surface area contributed by atoms with E-state index in [1.54, 1.807) is 31.2 Å². The van der Waals surface area contributed by atoms with E-state index < -0.39 is 34.3 Å². The van der Waals surface area contributed by atoms with Crippen LogP contribution < -0.4 is 9.62 Å². The molecule has 0 fully saturated rings. The summed E-state index contributed by atoms with van der Waals surface area (Å²) < 4.78 is 40.1. The van der Waals surface area contributed by atoms with E-state index >= 15 is 0 Å². The minimum Gasteiger partial charge on any atom is -0.352 e. The first-order valence-electron chi connectivity index (χ1n) is 11.0. The molecule has 7 nitrogen and oxygen atoms in total. The number of sulfonamides is 1. The molecular weight excluding hydrogens is 481 g/mol. The molecule has 1 N–H and O–H groups in total. The van der Waals surface area contributed by atoms with Crippen molar-refractivity contribution < 1.29 is 22.4 Å². The average Bonchev–Trinajstić information content (AvgIpc) is 2.78. The van der Waals surface area contributed by atoms with Gasteiger partial charge in [0, 0.05) is 17.6 Å².